The predicted octanol–water partition coefficient (Wildman–Crippen LogP) is 7.78. The first-order chi connectivity index (χ1) is 12.6. The van der Waals surface area contributed by atoms with Crippen LogP contribution < -0.4 is 4.90 Å². The molecule has 1 nitrogen and oxygen atoms in total. The van der Waals surface area contributed by atoms with Gasteiger partial charge in [0, 0.05) is 17.9 Å². The lowest BCUT2D eigenvalue weighted by molar-refractivity contribution is 1.01. The number of aryl methyl sites for hydroxylation is 1. The lowest BCUT2D eigenvalue weighted by Gasteiger charge is -2.25. The molecule has 0 atom stereocenters. The molecule has 0 saturated heterocycles. The third-order valence-corrected chi connectivity index (χ3v) is 3.64. The fourth-order valence-corrected chi connectivity index (χ4v) is 2.39. The van der Waals surface area contributed by atoms with Gasteiger partial charge in [-0.15, -0.1) is 0 Å². The molecular weight excluding hydrogens is 314 g/mol. The smallest absolute Gasteiger partial charge is 0.0415 e. The van der Waals surface area contributed by atoms with Gasteiger partial charge in [-0.1, -0.05) is 94.0 Å². The molecule has 1 aromatic rings. The first-order valence-electron chi connectivity index (χ1n) is 9.79. The number of allylic oxidation sites excluding steroid dienone is 7. The van der Waals surface area contributed by atoms with Gasteiger partial charge in [-0.2, -0.15) is 0 Å². The molecule has 0 aliphatic rings. The van der Waals surface area contributed by atoms with E-state index in [9.17, 15) is 0 Å². The monoisotopic (exact) mass is 351 g/mol. The van der Waals surface area contributed by atoms with Gasteiger partial charge in [0.05, 0.1) is 0 Å². The largest absolute Gasteiger partial charge is 0.338 e. The van der Waals surface area contributed by atoms with Gasteiger partial charge in [0.25, 0.3) is 0 Å². The molecule has 142 valence electrons. The maximum atomic E-state index is 3.75. The van der Waals surface area contributed by atoms with Crippen molar-refractivity contribution in [1.29, 1.82) is 0 Å². The van der Waals surface area contributed by atoms with E-state index in [1.165, 1.54) is 22.5 Å². The van der Waals surface area contributed by atoms with Crippen molar-refractivity contribution in [3.8, 4) is 0 Å². The van der Waals surface area contributed by atoms with Crippen LogP contribution in [0.3, 0.4) is 0 Å². The summed E-state index contributed by atoms with van der Waals surface area (Å²) in [6, 6.07) is 8.72. The van der Waals surface area contributed by atoms with Gasteiger partial charge in [0.2, 0.25) is 0 Å². The Morgan fingerprint density at radius 2 is 1.65 bits per heavy atom. The van der Waals surface area contributed by atoms with Gasteiger partial charge >= 0.3 is 0 Å². The number of rotatable bonds is 9. The lowest BCUT2D eigenvalue weighted by atomic mass is 10.1. The zero-order valence-corrected chi connectivity index (χ0v) is 17.6. The van der Waals surface area contributed by atoms with Crippen molar-refractivity contribution in [2.75, 3.05) is 11.4 Å². The fraction of sp³-hybridized carbons (Fsp3) is 0.360. The summed E-state index contributed by atoms with van der Waals surface area (Å²) in [5, 5.41) is 0. The molecule has 0 saturated carbocycles. The first-order valence-corrected chi connectivity index (χ1v) is 9.79. The summed E-state index contributed by atoms with van der Waals surface area (Å²) < 4.78 is 0. The van der Waals surface area contributed by atoms with E-state index in [4.69, 9.17) is 0 Å². The molecule has 0 heterocycles. The maximum Gasteiger partial charge on any atom is 0.0415 e. The highest BCUT2D eigenvalue weighted by molar-refractivity contribution is 5.56. The van der Waals surface area contributed by atoms with E-state index in [1.807, 2.05) is 26.0 Å². The van der Waals surface area contributed by atoms with Gasteiger partial charge in [-0.25, -0.2) is 0 Å². The Hall–Kier alpha value is -2.28. The van der Waals surface area contributed by atoms with E-state index in [-0.39, 0.29) is 0 Å². The predicted molar refractivity (Wildman–Crippen MR) is 121 cm³/mol. The summed E-state index contributed by atoms with van der Waals surface area (Å²) in [6.07, 6.45) is 17.0. The first kappa shape index (κ1) is 23.7. The number of hydrogen-bond donors (Lipinski definition) is 0. The molecule has 0 radical (unpaired) electrons. The number of anilines is 1. The van der Waals surface area contributed by atoms with Crippen molar-refractivity contribution in [3.05, 3.63) is 90.2 Å². The summed E-state index contributed by atoms with van der Waals surface area (Å²) in [7, 11) is 0. The standard InChI is InChI=1S/C23H31N.C2H6/c1-6-9-14-22(12-8-3)24(19-10-13-20(4)11-7-2)23-17-15-21(5)16-18-23;1-2/h7,9-18H,2,6,8,19H2,1,3-5H3;1-2H3/b13-10-,14-9-,20-11-,22-12+;. The Bertz CT molecular complexity index is 612. The molecule has 0 spiro atoms. The van der Waals surface area contributed by atoms with Crippen molar-refractivity contribution in [1.82, 2.24) is 0 Å². The summed E-state index contributed by atoms with van der Waals surface area (Å²) in [6.45, 7) is 17.1. The molecule has 0 aromatic heterocycles. The number of nitrogens with zero attached hydrogens (tertiary/aromatic N) is 1. The van der Waals surface area contributed by atoms with Crippen LogP contribution in [0.1, 0.15) is 53.0 Å². The third kappa shape index (κ3) is 9.27. The van der Waals surface area contributed by atoms with Crippen LogP contribution in [0.2, 0.25) is 0 Å². The Balaban J connectivity index is 0.00000301. The molecule has 1 heteroatoms. The van der Waals surface area contributed by atoms with Gasteiger partial charge in [-0.05, 0) is 44.9 Å². The molecule has 0 N–H and O–H groups in total. The van der Waals surface area contributed by atoms with Crippen molar-refractivity contribution >= 4 is 5.69 Å². The molecule has 1 aromatic carbocycles. The van der Waals surface area contributed by atoms with Crippen molar-refractivity contribution in [2.45, 2.75) is 54.4 Å². The molecule has 1 rings (SSSR count). The average Bonchev–Trinajstić information content (AvgIpc) is 2.65. The molecule has 0 aliphatic heterocycles. The highest BCUT2D eigenvalue weighted by Gasteiger charge is 2.08. The molecule has 0 unspecified atom stereocenters. The zero-order valence-electron chi connectivity index (χ0n) is 17.6. The fourth-order valence-electron chi connectivity index (χ4n) is 2.39. The molecule has 0 aliphatic carbocycles. The minimum absolute atomic E-state index is 0.839. The topological polar surface area (TPSA) is 3.24 Å². The van der Waals surface area contributed by atoms with E-state index in [2.05, 4.69) is 93.8 Å². The van der Waals surface area contributed by atoms with E-state index < -0.39 is 0 Å². The SMILES string of the molecule is C=C/C=C(C)\C=C/CN(C(/C=C\CC)=C/CC)c1ccc(C)cc1.CC. The van der Waals surface area contributed by atoms with Crippen molar-refractivity contribution < 1.29 is 0 Å². The second-order valence-electron chi connectivity index (χ2n) is 5.84. The number of benzene rings is 1. The molecule has 0 bridgehead atoms. The minimum Gasteiger partial charge on any atom is -0.338 e. The highest BCUT2D eigenvalue weighted by Crippen LogP contribution is 2.21. The van der Waals surface area contributed by atoms with Crippen LogP contribution in [-0.2, 0) is 0 Å². The molecule has 0 fully saturated rings. The van der Waals surface area contributed by atoms with Crippen LogP contribution in [0.5, 0.6) is 0 Å². The normalized spacial score (nSPS) is 12.2. The second kappa shape index (κ2) is 15.0. The van der Waals surface area contributed by atoms with Crippen LogP contribution in [0.4, 0.5) is 5.69 Å². The van der Waals surface area contributed by atoms with Crippen LogP contribution in [-0.4, -0.2) is 6.54 Å². The summed E-state index contributed by atoms with van der Waals surface area (Å²) in [5.74, 6) is 0. The number of hydrogen-bond acceptors (Lipinski definition) is 1. The van der Waals surface area contributed by atoms with Gasteiger partial charge in [0.1, 0.15) is 0 Å². The second-order valence-corrected chi connectivity index (χ2v) is 5.84. The summed E-state index contributed by atoms with van der Waals surface area (Å²) in [5.41, 5.74) is 4.96. The van der Waals surface area contributed by atoms with Crippen LogP contribution in [0, 0.1) is 6.92 Å². The summed E-state index contributed by atoms with van der Waals surface area (Å²) in [4.78, 5) is 2.35. The van der Waals surface area contributed by atoms with Crippen LogP contribution in [0.25, 0.3) is 0 Å². The average molecular weight is 352 g/mol. The van der Waals surface area contributed by atoms with Crippen molar-refractivity contribution in [2.24, 2.45) is 0 Å². The molecule has 26 heavy (non-hydrogen) atoms. The van der Waals surface area contributed by atoms with E-state index in [0.717, 1.165) is 19.4 Å². The molecule has 0 amide bonds. The van der Waals surface area contributed by atoms with Gasteiger partial charge in [0.15, 0.2) is 0 Å². The maximum absolute atomic E-state index is 3.75. The van der Waals surface area contributed by atoms with E-state index in [1.54, 1.807) is 0 Å². The van der Waals surface area contributed by atoms with Crippen molar-refractivity contribution in [3.63, 3.8) is 0 Å². The summed E-state index contributed by atoms with van der Waals surface area (Å²) >= 11 is 0. The Morgan fingerprint density at radius 1 is 1.00 bits per heavy atom. The lowest BCUT2D eigenvalue weighted by Crippen LogP contribution is -2.21. The Morgan fingerprint density at radius 3 is 2.19 bits per heavy atom. The van der Waals surface area contributed by atoms with Crippen LogP contribution >= 0.6 is 0 Å². The van der Waals surface area contributed by atoms with Crippen LogP contribution in [0.15, 0.2) is 84.6 Å². The van der Waals surface area contributed by atoms with Gasteiger partial charge in [-0.3, -0.25) is 0 Å². The van der Waals surface area contributed by atoms with Gasteiger partial charge < -0.3 is 4.90 Å². The Kier molecular flexibility index (Phi) is 13.7. The zero-order chi connectivity index (χ0) is 19.8. The molecular formula is C25H37N. The quantitative estimate of drug-likeness (QED) is 0.411. The third-order valence-electron chi connectivity index (χ3n) is 3.64. The minimum atomic E-state index is 0.839. The highest BCUT2D eigenvalue weighted by atomic mass is 15.1. The van der Waals surface area contributed by atoms with E-state index in [0.29, 0.717) is 0 Å². The Labute approximate surface area is 162 Å². The van der Waals surface area contributed by atoms with E-state index >= 15 is 0 Å².